The van der Waals surface area contributed by atoms with Crippen LogP contribution < -0.4 is 0 Å². The molecule has 29 heavy (non-hydrogen) atoms. The van der Waals surface area contributed by atoms with Gasteiger partial charge in [0.25, 0.3) is 0 Å². The topological polar surface area (TPSA) is 66.4 Å². The van der Waals surface area contributed by atoms with Gasteiger partial charge in [0.05, 0.1) is 24.1 Å². The van der Waals surface area contributed by atoms with Gasteiger partial charge in [0.2, 0.25) is 11.8 Å². The quantitative estimate of drug-likeness (QED) is 0.761. The number of hydrogen-bond acceptors (Lipinski definition) is 4. The summed E-state index contributed by atoms with van der Waals surface area (Å²) in [4.78, 5) is 37.9. The maximum Gasteiger partial charge on any atom is 0.222 e. The van der Waals surface area contributed by atoms with Crippen molar-refractivity contribution in [2.24, 2.45) is 11.3 Å². The molecule has 3 heterocycles. The van der Waals surface area contributed by atoms with Crippen molar-refractivity contribution in [3.8, 4) is 0 Å². The fraction of sp³-hybridized carbons (Fsp3) is 0.739. The van der Waals surface area contributed by atoms with Gasteiger partial charge in [0.15, 0.2) is 0 Å². The minimum absolute atomic E-state index is 0.161. The lowest BCUT2D eigenvalue weighted by Crippen LogP contribution is -2.52. The number of carbonyl (C=O) groups excluding carboxylic acids is 2. The van der Waals surface area contributed by atoms with Gasteiger partial charge in [-0.1, -0.05) is 25.7 Å². The van der Waals surface area contributed by atoms with E-state index in [9.17, 15) is 9.59 Å². The summed E-state index contributed by atoms with van der Waals surface area (Å²) in [6.07, 6.45) is 14.2. The first-order valence-corrected chi connectivity index (χ1v) is 11.4. The molecule has 0 N–H and O–H groups in total. The highest BCUT2D eigenvalue weighted by Gasteiger charge is 2.41. The third-order valence-electron chi connectivity index (χ3n) is 7.35. The molecule has 1 aromatic heterocycles. The minimum Gasteiger partial charge on any atom is -0.343 e. The van der Waals surface area contributed by atoms with E-state index in [4.69, 9.17) is 0 Å². The van der Waals surface area contributed by atoms with Crippen LogP contribution in [0.4, 0.5) is 0 Å². The zero-order valence-electron chi connectivity index (χ0n) is 17.7. The van der Waals surface area contributed by atoms with Crippen LogP contribution >= 0.6 is 0 Å². The Hall–Kier alpha value is -1.98. The van der Waals surface area contributed by atoms with E-state index in [1.165, 1.54) is 25.7 Å². The smallest absolute Gasteiger partial charge is 0.222 e. The van der Waals surface area contributed by atoms with Gasteiger partial charge in [0, 0.05) is 38.7 Å². The Morgan fingerprint density at radius 1 is 1.14 bits per heavy atom. The average Bonchev–Trinajstić information content (AvgIpc) is 3.25. The molecule has 3 aliphatic rings. The monoisotopic (exact) mass is 398 g/mol. The van der Waals surface area contributed by atoms with Crippen LogP contribution in [0, 0.1) is 18.3 Å². The summed E-state index contributed by atoms with van der Waals surface area (Å²) in [7, 11) is 0. The summed E-state index contributed by atoms with van der Waals surface area (Å²) in [5.74, 6) is 1.33. The van der Waals surface area contributed by atoms with Crippen LogP contribution in [0.2, 0.25) is 0 Å². The summed E-state index contributed by atoms with van der Waals surface area (Å²) in [5, 5.41) is 0. The first kappa shape index (κ1) is 20.3. The Bertz CT molecular complexity index is 719. The average molecular weight is 399 g/mol. The molecule has 158 valence electrons. The summed E-state index contributed by atoms with van der Waals surface area (Å²) >= 11 is 0. The molecule has 1 aliphatic carbocycles. The van der Waals surface area contributed by atoms with Crippen LogP contribution in [0.1, 0.15) is 75.6 Å². The zero-order valence-corrected chi connectivity index (χ0v) is 17.7. The van der Waals surface area contributed by atoms with Gasteiger partial charge in [-0.05, 0) is 43.9 Å². The van der Waals surface area contributed by atoms with Gasteiger partial charge in [-0.15, -0.1) is 0 Å². The fourth-order valence-electron chi connectivity index (χ4n) is 5.37. The van der Waals surface area contributed by atoms with Gasteiger partial charge in [-0.25, -0.2) is 0 Å². The second-order valence-corrected chi connectivity index (χ2v) is 9.47. The molecule has 2 amide bonds. The van der Waals surface area contributed by atoms with Gasteiger partial charge in [0.1, 0.15) is 0 Å². The number of likely N-dealkylation sites (tertiary alicyclic amines) is 2. The standard InChI is InChI=1S/C23H34N4O2/c1-18-14-25-20(15-24-18)16-27-17-23(9-8-22(27)29)10-12-26(13-11-23)21(28)7-6-19-4-2-3-5-19/h14-15,19H,2-13,16-17H2,1H3. The highest BCUT2D eigenvalue weighted by atomic mass is 16.2. The van der Waals surface area contributed by atoms with Crippen molar-refractivity contribution in [1.82, 2.24) is 19.8 Å². The van der Waals surface area contributed by atoms with E-state index >= 15 is 0 Å². The zero-order chi connectivity index (χ0) is 20.3. The summed E-state index contributed by atoms with van der Waals surface area (Å²) < 4.78 is 0. The number of piperidine rings is 2. The van der Waals surface area contributed by atoms with E-state index in [2.05, 4.69) is 14.9 Å². The van der Waals surface area contributed by atoms with Crippen molar-refractivity contribution in [3.63, 3.8) is 0 Å². The first-order valence-electron chi connectivity index (χ1n) is 11.4. The molecular formula is C23H34N4O2. The maximum atomic E-state index is 12.7. The van der Waals surface area contributed by atoms with Crippen LogP contribution in [-0.2, 0) is 16.1 Å². The van der Waals surface area contributed by atoms with E-state index in [1.807, 2.05) is 11.8 Å². The van der Waals surface area contributed by atoms with Crippen molar-refractivity contribution in [2.45, 2.75) is 77.7 Å². The van der Waals surface area contributed by atoms with E-state index in [0.717, 1.165) is 62.6 Å². The molecule has 0 aromatic carbocycles. The SMILES string of the molecule is Cc1cnc(CN2CC3(CCC2=O)CCN(C(=O)CCC2CCCC2)CC3)cn1. The van der Waals surface area contributed by atoms with Crippen LogP contribution in [0.3, 0.4) is 0 Å². The third-order valence-corrected chi connectivity index (χ3v) is 7.35. The molecule has 1 spiro atoms. The van der Waals surface area contributed by atoms with Crippen molar-refractivity contribution >= 4 is 11.8 Å². The Morgan fingerprint density at radius 2 is 1.90 bits per heavy atom. The lowest BCUT2D eigenvalue weighted by molar-refractivity contribution is -0.143. The lowest BCUT2D eigenvalue weighted by Gasteiger charge is -2.47. The molecule has 0 atom stereocenters. The number of aromatic nitrogens is 2. The number of carbonyl (C=O) groups is 2. The number of amides is 2. The van der Waals surface area contributed by atoms with E-state index in [1.54, 1.807) is 12.4 Å². The second kappa shape index (κ2) is 8.80. The van der Waals surface area contributed by atoms with Crippen molar-refractivity contribution in [3.05, 3.63) is 23.8 Å². The molecule has 3 fully saturated rings. The Kier molecular flexibility index (Phi) is 6.16. The predicted molar refractivity (Wildman–Crippen MR) is 111 cm³/mol. The minimum atomic E-state index is 0.161. The normalized spacial score (nSPS) is 22.4. The van der Waals surface area contributed by atoms with Crippen molar-refractivity contribution in [2.75, 3.05) is 19.6 Å². The van der Waals surface area contributed by atoms with Gasteiger partial charge in [-0.3, -0.25) is 19.6 Å². The van der Waals surface area contributed by atoms with Crippen LogP contribution in [0.25, 0.3) is 0 Å². The second-order valence-electron chi connectivity index (χ2n) is 9.47. The molecule has 0 bridgehead atoms. The summed E-state index contributed by atoms with van der Waals surface area (Å²) in [6.45, 7) is 4.93. The van der Waals surface area contributed by atoms with Crippen molar-refractivity contribution < 1.29 is 9.59 Å². The molecule has 0 unspecified atom stereocenters. The van der Waals surface area contributed by atoms with Crippen LogP contribution in [0.5, 0.6) is 0 Å². The van der Waals surface area contributed by atoms with E-state index in [-0.39, 0.29) is 11.3 Å². The molecule has 6 heteroatoms. The number of aryl methyl sites for hydroxylation is 1. The van der Waals surface area contributed by atoms with Crippen molar-refractivity contribution in [1.29, 1.82) is 0 Å². The number of hydrogen-bond donors (Lipinski definition) is 0. The largest absolute Gasteiger partial charge is 0.343 e. The van der Waals surface area contributed by atoms with Crippen LogP contribution in [0.15, 0.2) is 12.4 Å². The number of nitrogens with zero attached hydrogens (tertiary/aromatic N) is 4. The highest BCUT2D eigenvalue weighted by Crippen LogP contribution is 2.41. The third kappa shape index (κ3) is 4.96. The van der Waals surface area contributed by atoms with Gasteiger partial charge >= 0.3 is 0 Å². The molecule has 1 aromatic rings. The highest BCUT2D eigenvalue weighted by molar-refractivity contribution is 5.77. The Labute approximate surface area is 174 Å². The first-order chi connectivity index (χ1) is 14.0. The molecule has 2 saturated heterocycles. The van der Waals surface area contributed by atoms with E-state index in [0.29, 0.717) is 25.3 Å². The molecule has 1 saturated carbocycles. The fourth-order valence-corrected chi connectivity index (χ4v) is 5.37. The van der Waals surface area contributed by atoms with E-state index < -0.39 is 0 Å². The number of rotatable bonds is 5. The summed E-state index contributed by atoms with van der Waals surface area (Å²) in [6, 6.07) is 0. The Balaban J connectivity index is 1.29. The molecule has 6 nitrogen and oxygen atoms in total. The summed E-state index contributed by atoms with van der Waals surface area (Å²) in [5.41, 5.74) is 1.90. The Morgan fingerprint density at radius 3 is 2.59 bits per heavy atom. The molecule has 0 radical (unpaired) electrons. The predicted octanol–water partition coefficient (Wildman–Crippen LogP) is 3.49. The molecule has 2 aliphatic heterocycles. The lowest BCUT2D eigenvalue weighted by atomic mass is 9.72. The van der Waals surface area contributed by atoms with Gasteiger partial charge < -0.3 is 9.80 Å². The van der Waals surface area contributed by atoms with Gasteiger partial charge in [-0.2, -0.15) is 0 Å². The molecular weight excluding hydrogens is 364 g/mol. The maximum absolute atomic E-state index is 12.7. The van der Waals surface area contributed by atoms with Crippen LogP contribution in [-0.4, -0.2) is 51.2 Å². The molecule has 4 rings (SSSR count).